The van der Waals surface area contributed by atoms with E-state index in [4.69, 9.17) is 11.6 Å². The van der Waals surface area contributed by atoms with Gasteiger partial charge in [0.1, 0.15) is 6.54 Å². The van der Waals surface area contributed by atoms with E-state index in [9.17, 15) is 19.2 Å². The summed E-state index contributed by atoms with van der Waals surface area (Å²) in [4.78, 5) is 47.4. The molecule has 1 heterocycles. The molecule has 7 nitrogen and oxygen atoms in total. The van der Waals surface area contributed by atoms with Gasteiger partial charge in [0, 0.05) is 18.6 Å². The van der Waals surface area contributed by atoms with Gasteiger partial charge in [-0.2, -0.15) is 0 Å². The second-order valence-electron chi connectivity index (χ2n) is 4.41. The number of nitrogens with zero attached hydrogens (tertiary/aromatic N) is 2. The predicted octanol–water partition coefficient (Wildman–Crippen LogP) is 0.377. The second-order valence-corrected chi connectivity index (χ2v) is 4.81. The van der Waals surface area contributed by atoms with E-state index in [1.54, 1.807) is 24.3 Å². The zero-order valence-corrected chi connectivity index (χ0v) is 11.9. The summed E-state index contributed by atoms with van der Waals surface area (Å²) in [5.74, 6) is -2.51. The molecule has 2 rings (SSSR count). The minimum Gasteiger partial charge on any atom is -0.350 e. The second kappa shape index (κ2) is 5.92. The number of hydrogen-bond acceptors (Lipinski definition) is 4. The van der Waals surface area contributed by atoms with Crippen LogP contribution in [0.25, 0.3) is 0 Å². The molecule has 1 aromatic rings. The molecule has 1 aromatic carbocycles. The first-order chi connectivity index (χ1) is 9.91. The van der Waals surface area contributed by atoms with Crippen LogP contribution in [0.15, 0.2) is 24.3 Å². The lowest BCUT2D eigenvalue weighted by Gasteiger charge is -2.13. The number of imide groups is 2. The molecule has 5 amide bonds. The fourth-order valence-electron chi connectivity index (χ4n) is 1.79. The monoisotopic (exact) mass is 309 g/mol. The Morgan fingerprint density at radius 1 is 1.19 bits per heavy atom. The molecule has 0 bridgehead atoms. The fourth-order valence-corrected chi connectivity index (χ4v) is 1.99. The van der Waals surface area contributed by atoms with Crippen LogP contribution < -0.4 is 5.32 Å². The molecule has 0 radical (unpaired) electrons. The molecule has 1 saturated heterocycles. The van der Waals surface area contributed by atoms with Gasteiger partial charge in [0.05, 0.1) is 0 Å². The number of amides is 5. The third-order valence-electron chi connectivity index (χ3n) is 2.99. The van der Waals surface area contributed by atoms with E-state index in [1.807, 2.05) is 0 Å². The van der Waals surface area contributed by atoms with Crippen LogP contribution in [0.1, 0.15) is 5.56 Å². The number of carbonyl (C=O) groups excluding carboxylic acids is 4. The average Bonchev–Trinajstić information content (AvgIpc) is 2.64. The number of halogens is 1. The van der Waals surface area contributed by atoms with E-state index in [0.29, 0.717) is 20.4 Å². The molecule has 1 N–H and O–H groups in total. The summed E-state index contributed by atoms with van der Waals surface area (Å²) < 4.78 is 0. The van der Waals surface area contributed by atoms with Gasteiger partial charge in [-0.05, 0) is 11.6 Å². The van der Waals surface area contributed by atoms with Gasteiger partial charge in [0.25, 0.3) is 0 Å². The molecule has 8 heteroatoms. The minimum absolute atomic E-state index is 0.165. The van der Waals surface area contributed by atoms with Crippen LogP contribution in [0.2, 0.25) is 5.02 Å². The third-order valence-corrected chi connectivity index (χ3v) is 3.35. The zero-order valence-electron chi connectivity index (χ0n) is 11.1. The van der Waals surface area contributed by atoms with Gasteiger partial charge in [-0.15, -0.1) is 0 Å². The van der Waals surface area contributed by atoms with Crippen molar-refractivity contribution in [2.75, 3.05) is 13.6 Å². The van der Waals surface area contributed by atoms with Crippen molar-refractivity contribution in [3.05, 3.63) is 34.9 Å². The van der Waals surface area contributed by atoms with E-state index < -0.39 is 30.3 Å². The third kappa shape index (κ3) is 3.03. The molecule has 1 aliphatic heterocycles. The van der Waals surface area contributed by atoms with E-state index in [-0.39, 0.29) is 6.54 Å². The van der Waals surface area contributed by atoms with Gasteiger partial charge >= 0.3 is 17.8 Å². The van der Waals surface area contributed by atoms with E-state index in [2.05, 4.69) is 5.32 Å². The lowest BCUT2D eigenvalue weighted by Crippen LogP contribution is -2.40. The summed E-state index contributed by atoms with van der Waals surface area (Å²) in [5, 5.41) is 3.04. The molecule has 1 fully saturated rings. The van der Waals surface area contributed by atoms with Gasteiger partial charge in [0.2, 0.25) is 5.91 Å². The summed E-state index contributed by atoms with van der Waals surface area (Å²) in [6, 6.07) is 6.15. The fraction of sp³-hybridized carbons (Fsp3) is 0.231. The zero-order chi connectivity index (χ0) is 15.6. The number of likely N-dealkylation sites (N-methyl/N-ethyl adjacent to an activating group) is 1. The van der Waals surface area contributed by atoms with Gasteiger partial charge in [-0.25, -0.2) is 9.69 Å². The molecule has 110 valence electrons. The summed E-state index contributed by atoms with van der Waals surface area (Å²) in [5.41, 5.74) is 0.708. The summed E-state index contributed by atoms with van der Waals surface area (Å²) in [7, 11) is 1.18. The van der Waals surface area contributed by atoms with Crippen LogP contribution in [0.3, 0.4) is 0 Å². The smallest absolute Gasteiger partial charge is 0.334 e. The number of carbonyl (C=O) groups is 4. The van der Waals surface area contributed by atoms with E-state index >= 15 is 0 Å². The highest BCUT2D eigenvalue weighted by molar-refractivity contribution is 6.44. The Hall–Kier alpha value is -2.41. The highest BCUT2D eigenvalue weighted by Crippen LogP contribution is 2.14. The van der Waals surface area contributed by atoms with Crippen molar-refractivity contribution >= 4 is 35.4 Å². The SMILES string of the molecule is CN1C(=O)C(=O)N(CC(=O)NCc2ccccc2Cl)C1=O. The average molecular weight is 310 g/mol. The van der Waals surface area contributed by atoms with Gasteiger partial charge in [-0.3, -0.25) is 19.3 Å². The minimum atomic E-state index is -1.00. The van der Waals surface area contributed by atoms with Crippen LogP contribution in [-0.2, 0) is 20.9 Å². The van der Waals surface area contributed by atoms with Crippen molar-refractivity contribution in [2.45, 2.75) is 6.54 Å². The van der Waals surface area contributed by atoms with Crippen LogP contribution in [0.4, 0.5) is 4.79 Å². The van der Waals surface area contributed by atoms with Crippen molar-refractivity contribution in [1.82, 2.24) is 15.1 Å². The molecular formula is C13H12ClN3O4. The topological polar surface area (TPSA) is 86.8 Å². The van der Waals surface area contributed by atoms with Gasteiger partial charge < -0.3 is 5.32 Å². The van der Waals surface area contributed by atoms with Crippen LogP contribution >= 0.6 is 11.6 Å². The van der Waals surface area contributed by atoms with Crippen LogP contribution in [-0.4, -0.2) is 47.1 Å². The maximum absolute atomic E-state index is 11.8. The molecule has 1 aliphatic rings. The maximum atomic E-state index is 11.8. The number of hydrogen-bond donors (Lipinski definition) is 1. The molecule has 0 aliphatic carbocycles. The summed E-state index contributed by atoms with van der Waals surface area (Å²) in [6.07, 6.45) is 0. The summed E-state index contributed by atoms with van der Waals surface area (Å²) >= 11 is 5.94. The standard InChI is InChI=1S/C13H12ClN3O4/c1-16-11(19)12(20)17(13(16)21)7-10(18)15-6-8-4-2-3-5-9(8)14/h2-5H,6-7H2,1H3,(H,15,18). The molecule has 21 heavy (non-hydrogen) atoms. The van der Waals surface area contributed by atoms with Crippen LogP contribution in [0.5, 0.6) is 0 Å². The molecule has 0 unspecified atom stereocenters. The largest absolute Gasteiger partial charge is 0.350 e. The Morgan fingerprint density at radius 2 is 1.86 bits per heavy atom. The number of benzene rings is 1. The lowest BCUT2D eigenvalue weighted by molar-refractivity contribution is -0.143. The highest BCUT2D eigenvalue weighted by Gasteiger charge is 2.42. The van der Waals surface area contributed by atoms with Gasteiger partial charge in [-0.1, -0.05) is 29.8 Å². The van der Waals surface area contributed by atoms with Crippen molar-refractivity contribution in [3.8, 4) is 0 Å². The molecule has 0 saturated carbocycles. The first-order valence-electron chi connectivity index (χ1n) is 6.05. The number of rotatable bonds is 4. The highest BCUT2D eigenvalue weighted by atomic mass is 35.5. The number of nitrogens with one attached hydrogen (secondary N) is 1. The summed E-state index contributed by atoms with van der Waals surface area (Å²) in [6.45, 7) is -0.337. The maximum Gasteiger partial charge on any atom is 0.334 e. The van der Waals surface area contributed by atoms with Crippen molar-refractivity contribution in [3.63, 3.8) is 0 Å². The molecule has 0 aromatic heterocycles. The Bertz CT molecular complexity index is 632. The Morgan fingerprint density at radius 3 is 2.43 bits per heavy atom. The Labute approximate surface area is 125 Å². The quantitative estimate of drug-likeness (QED) is 0.643. The van der Waals surface area contributed by atoms with E-state index in [0.717, 1.165) is 0 Å². The first kappa shape index (κ1) is 15.0. The van der Waals surface area contributed by atoms with Crippen molar-refractivity contribution in [2.24, 2.45) is 0 Å². The molecular weight excluding hydrogens is 298 g/mol. The molecule has 0 spiro atoms. The van der Waals surface area contributed by atoms with E-state index in [1.165, 1.54) is 7.05 Å². The van der Waals surface area contributed by atoms with Crippen LogP contribution in [0, 0.1) is 0 Å². The normalized spacial score (nSPS) is 14.9. The Balaban J connectivity index is 1.94. The first-order valence-corrected chi connectivity index (χ1v) is 6.43. The van der Waals surface area contributed by atoms with Gasteiger partial charge in [0.15, 0.2) is 0 Å². The predicted molar refractivity (Wildman–Crippen MR) is 73.2 cm³/mol. The van der Waals surface area contributed by atoms with Crippen molar-refractivity contribution in [1.29, 1.82) is 0 Å². The molecule has 0 atom stereocenters. The van der Waals surface area contributed by atoms with Crippen molar-refractivity contribution < 1.29 is 19.2 Å². The lowest BCUT2D eigenvalue weighted by atomic mass is 10.2. The number of urea groups is 1. The Kier molecular flexibility index (Phi) is 4.23.